The zero-order valence-corrected chi connectivity index (χ0v) is 15.3. The number of Topliss-reactive ketones (excluding diaryl/α,β-unsaturated/α-hetero) is 1. The Balaban J connectivity index is 2.16. The molecule has 0 spiro atoms. The van der Waals surface area contributed by atoms with Gasteiger partial charge in [-0.1, -0.05) is 49.2 Å². The Kier molecular flexibility index (Phi) is 5.40. The molecule has 0 saturated heterocycles. The summed E-state index contributed by atoms with van der Waals surface area (Å²) in [5.74, 6) is 0.0368. The predicted molar refractivity (Wildman–Crippen MR) is 104 cm³/mol. The van der Waals surface area contributed by atoms with Gasteiger partial charge < -0.3 is 4.74 Å². The van der Waals surface area contributed by atoms with Gasteiger partial charge in [0.1, 0.15) is 0 Å². The van der Waals surface area contributed by atoms with Crippen LogP contribution in [0.1, 0.15) is 47.7 Å². The van der Waals surface area contributed by atoms with E-state index in [1.807, 2.05) is 24.3 Å². The second kappa shape index (κ2) is 7.71. The summed E-state index contributed by atoms with van der Waals surface area (Å²) in [6.45, 7) is 2.16. The molecule has 2 aromatic carbocycles. The highest BCUT2D eigenvalue weighted by Gasteiger charge is 2.30. The van der Waals surface area contributed by atoms with Crippen LogP contribution in [-0.2, 0) is 4.74 Å². The molecule has 2 aromatic rings. The molecule has 0 radical (unpaired) electrons. The van der Waals surface area contributed by atoms with E-state index >= 15 is 0 Å². The summed E-state index contributed by atoms with van der Waals surface area (Å²) >= 11 is 5.97. The van der Waals surface area contributed by atoms with Gasteiger partial charge in [-0.05, 0) is 53.8 Å². The first-order valence-corrected chi connectivity index (χ1v) is 8.91. The van der Waals surface area contributed by atoms with Crippen LogP contribution in [0.4, 0.5) is 0 Å². The van der Waals surface area contributed by atoms with Crippen molar-refractivity contribution in [2.75, 3.05) is 7.11 Å². The molecule has 1 aliphatic rings. The lowest BCUT2D eigenvalue weighted by atomic mass is 9.94. The second-order valence-corrected chi connectivity index (χ2v) is 6.54. The van der Waals surface area contributed by atoms with Crippen LogP contribution < -0.4 is 0 Å². The average molecular weight is 353 g/mol. The first-order valence-electron chi connectivity index (χ1n) is 8.54. The van der Waals surface area contributed by atoms with E-state index in [1.54, 1.807) is 37.6 Å². The summed E-state index contributed by atoms with van der Waals surface area (Å²) < 4.78 is 5.32. The molecule has 3 heteroatoms. The van der Waals surface area contributed by atoms with Gasteiger partial charge in [0.15, 0.2) is 5.78 Å². The number of ether oxygens (including phenoxy) is 1. The van der Waals surface area contributed by atoms with Gasteiger partial charge in [-0.25, -0.2) is 0 Å². The SMILES string of the molecule is CCCCC1=C(C(=O)c2ccc(Cl)cc2)c2ccccc2/C1=C\OC. The molecule has 2 nitrogen and oxygen atoms in total. The minimum atomic E-state index is 0.0368. The van der Waals surface area contributed by atoms with Crippen molar-refractivity contribution in [3.63, 3.8) is 0 Å². The van der Waals surface area contributed by atoms with E-state index in [1.165, 1.54) is 0 Å². The number of rotatable bonds is 6. The Morgan fingerprint density at radius 2 is 1.76 bits per heavy atom. The highest BCUT2D eigenvalue weighted by molar-refractivity contribution is 6.35. The number of methoxy groups -OCH3 is 1. The third-order valence-electron chi connectivity index (χ3n) is 4.46. The maximum atomic E-state index is 13.3. The molecule has 0 unspecified atom stereocenters. The van der Waals surface area contributed by atoms with Gasteiger partial charge in [-0.15, -0.1) is 0 Å². The van der Waals surface area contributed by atoms with Crippen molar-refractivity contribution in [3.05, 3.63) is 82.1 Å². The van der Waals surface area contributed by atoms with Crippen molar-refractivity contribution >= 4 is 28.5 Å². The van der Waals surface area contributed by atoms with Crippen LogP contribution in [0.25, 0.3) is 11.1 Å². The molecule has 0 heterocycles. The fourth-order valence-electron chi connectivity index (χ4n) is 3.27. The van der Waals surface area contributed by atoms with Crippen LogP contribution in [0.5, 0.6) is 0 Å². The van der Waals surface area contributed by atoms with E-state index in [0.29, 0.717) is 10.6 Å². The Labute approximate surface area is 153 Å². The molecule has 0 N–H and O–H groups in total. The van der Waals surface area contributed by atoms with Crippen LogP contribution in [0.3, 0.4) is 0 Å². The second-order valence-electron chi connectivity index (χ2n) is 6.11. The summed E-state index contributed by atoms with van der Waals surface area (Å²) in [6, 6.07) is 15.1. The molecule has 0 aliphatic heterocycles. The zero-order valence-electron chi connectivity index (χ0n) is 14.5. The summed E-state index contributed by atoms with van der Waals surface area (Å²) in [5.41, 5.74) is 5.58. The number of fused-ring (bicyclic) bond motifs is 1. The molecule has 1 aliphatic carbocycles. The fraction of sp³-hybridized carbons (Fsp3) is 0.227. The third kappa shape index (κ3) is 3.40. The number of unbranched alkanes of at least 4 members (excludes halogenated alkanes) is 1. The maximum absolute atomic E-state index is 13.3. The molecular weight excluding hydrogens is 332 g/mol. The quantitative estimate of drug-likeness (QED) is 0.459. The highest BCUT2D eigenvalue weighted by atomic mass is 35.5. The Morgan fingerprint density at radius 1 is 1.08 bits per heavy atom. The lowest BCUT2D eigenvalue weighted by Gasteiger charge is -2.09. The lowest BCUT2D eigenvalue weighted by molar-refractivity contribution is 0.105. The van der Waals surface area contributed by atoms with Gasteiger partial charge >= 0.3 is 0 Å². The summed E-state index contributed by atoms with van der Waals surface area (Å²) in [4.78, 5) is 13.3. The largest absolute Gasteiger partial charge is 0.504 e. The van der Waals surface area contributed by atoms with E-state index in [9.17, 15) is 4.79 Å². The average Bonchev–Trinajstić information content (AvgIpc) is 2.94. The van der Waals surface area contributed by atoms with Crippen LogP contribution in [0.15, 0.2) is 60.4 Å². The number of ketones is 1. The molecule has 25 heavy (non-hydrogen) atoms. The van der Waals surface area contributed by atoms with Crippen LogP contribution >= 0.6 is 11.6 Å². The van der Waals surface area contributed by atoms with Crippen molar-refractivity contribution in [3.8, 4) is 0 Å². The van der Waals surface area contributed by atoms with Crippen molar-refractivity contribution in [1.29, 1.82) is 0 Å². The van der Waals surface area contributed by atoms with Crippen LogP contribution in [0.2, 0.25) is 5.02 Å². The Hall–Kier alpha value is -2.32. The fourth-order valence-corrected chi connectivity index (χ4v) is 3.39. The van der Waals surface area contributed by atoms with Crippen molar-refractivity contribution in [2.24, 2.45) is 0 Å². The van der Waals surface area contributed by atoms with Gasteiger partial charge in [0.25, 0.3) is 0 Å². The number of carbonyl (C=O) groups excluding carboxylic acids is 1. The minimum absolute atomic E-state index is 0.0368. The van der Waals surface area contributed by atoms with Crippen molar-refractivity contribution in [2.45, 2.75) is 26.2 Å². The lowest BCUT2D eigenvalue weighted by Crippen LogP contribution is -2.03. The van der Waals surface area contributed by atoms with E-state index in [2.05, 4.69) is 6.92 Å². The summed E-state index contributed by atoms with van der Waals surface area (Å²) in [7, 11) is 1.64. The van der Waals surface area contributed by atoms with Gasteiger partial charge in [-0.3, -0.25) is 4.79 Å². The van der Waals surface area contributed by atoms with E-state index in [0.717, 1.165) is 47.1 Å². The summed E-state index contributed by atoms with van der Waals surface area (Å²) in [5, 5.41) is 0.628. The summed E-state index contributed by atoms with van der Waals surface area (Å²) in [6.07, 6.45) is 4.71. The molecule has 0 aromatic heterocycles. The van der Waals surface area contributed by atoms with Crippen LogP contribution in [-0.4, -0.2) is 12.9 Å². The van der Waals surface area contributed by atoms with E-state index in [4.69, 9.17) is 16.3 Å². The number of allylic oxidation sites excluding steroid dienone is 3. The van der Waals surface area contributed by atoms with E-state index < -0.39 is 0 Å². The third-order valence-corrected chi connectivity index (χ3v) is 4.71. The molecule has 0 bridgehead atoms. The van der Waals surface area contributed by atoms with Crippen molar-refractivity contribution < 1.29 is 9.53 Å². The zero-order chi connectivity index (χ0) is 17.8. The smallest absolute Gasteiger partial charge is 0.193 e. The molecule has 0 atom stereocenters. The first-order chi connectivity index (χ1) is 12.2. The van der Waals surface area contributed by atoms with E-state index in [-0.39, 0.29) is 5.78 Å². The topological polar surface area (TPSA) is 26.3 Å². The number of benzene rings is 2. The van der Waals surface area contributed by atoms with Crippen molar-refractivity contribution in [1.82, 2.24) is 0 Å². The normalized spacial score (nSPS) is 14.8. The Morgan fingerprint density at radius 3 is 2.40 bits per heavy atom. The van der Waals surface area contributed by atoms with Gasteiger partial charge in [-0.2, -0.15) is 0 Å². The minimum Gasteiger partial charge on any atom is -0.504 e. The number of carbonyl (C=O) groups is 1. The predicted octanol–water partition coefficient (Wildman–Crippen LogP) is 6.17. The number of halogens is 1. The monoisotopic (exact) mass is 352 g/mol. The molecular formula is C22H21ClO2. The van der Waals surface area contributed by atoms with Crippen LogP contribution in [0, 0.1) is 0 Å². The highest BCUT2D eigenvalue weighted by Crippen LogP contribution is 2.44. The molecule has 0 fully saturated rings. The Bertz CT molecular complexity index is 845. The molecule has 3 rings (SSSR count). The first kappa shape index (κ1) is 17.5. The van der Waals surface area contributed by atoms with Gasteiger partial charge in [0.2, 0.25) is 0 Å². The van der Waals surface area contributed by atoms with Gasteiger partial charge in [0.05, 0.1) is 13.4 Å². The molecule has 0 saturated carbocycles. The molecule has 0 amide bonds. The molecule has 128 valence electrons. The maximum Gasteiger partial charge on any atom is 0.193 e. The number of hydrogen-bond acceptors (Lipinski definition) is 2. The standard InChI is InChI=1S/C22H21ClO2/c1-3-4-7-19-20(14-25-2)17-8-5-6-9-18(17)21(19)22(24)15-10-12-16(23)13-11-15/h5-6,8-14H,3-4,7H2,1-2H3/b20-14+. The van der Waals surface area contributed by atoms with Gasteiger partial charge in [0, 0.05) is 21.7 Å². The number of hydrogen-bond donors (Lipinski definition) is 0.